The minimum absolute atomic E-state index is 0.0285. The van der Waals surface area contributed by atoms with E-state index in [2.05, 4.69) is 10.3 Å². The third-order valence-electron chi connectivity index (χ3n) is 4.61. The molecule has 2 heterocycles. The van der Waals surface area contributed by atoms with Crippen molar-refractivity contribution in [3.63, 3.8) is 0 Å². The average Bonchev–Trinajstić information content (AvgIpc) is 2.66. The Morgan fingerprint density at radius 3 is 2.52 bits per heavy atom. The number of aliphatic hydroxyl groups is 2. The van der Waals surface area contributed by atoms with Gasteiger partial charge >= 0.3 is 11.9 Å². The lowest BCUT2D eigenvalue weighted by Crippen LogP contribution is -2.40. The van der Waals surface area contributed by atoms with Crippen LogP contribution in [0.25, 0.3) is 10.9 Å². The SMILES string of the molecule is CC(O)Cn1c(=O)[nH]c2c(=O)n(CC(=O)NCCCC(CO)C(F)(F)F)ccc2c1=O. The van der Waals surface area contributed by atoms with Gasteiger partial charge in [-0.3, -0.25) is 19.0 Å². The van der Waals surface area contributed by atoms with Crippen molar-refractivity contribution in [1.29, 1.82) is 0 Å². The first-order valence-corrected chi connectivity index (χ1v) is 9.44. The Labute approximate surface area is 172 Å². The molecule has 2 aromatic rings. The second-order valence-electron chi connectivity index (χ2n) is 7.15. The number of H-pyrrole nitrogens is 1. The first-order chi connectivity index (χ1) is 14.5. The van der Waals surface area contributed by atoms with Gasteiger partial charge in [-0.25, -0.2) is 4.79 Å². The summed E-state index contributed by atoms with van der Waals surface area (Å²) in [5.74, 6) is -2.53. The zero-order valence-electron chi connectivity index (χ0n) is 16.6. The third-order valence-corrected chi connectivity index (χ3v) is 4.61. The van der Waals surface area contributed by atoms with Crippen LogP contribution in [0, 0.1) is 5.92 Å². The summed E-state index contributed by atoms with van der Waals surface area (Å²) in [4.78, 5) is 51.3. The summed E-state index contributed by atoms with van der Waals surface area (Å²) in [6.07, 6.45) is -4.71. The number of carbonyl (C=O) groups excluding carboxylic acids is 1. The Morgan fingerprint density at radius 1 is 1.26 bits per heavy atom. The van der Waals surface area contributed by atoms with Gasteiger partial charge in [0.2, 0.25) is 5.91 Å². The number of carbonyl (C=O) groups is 1. The molecule has 0 bridgehead atoms. The van der Waals surface area contributed by atoms with Gasteiger partial charge in [0.15, 0.2) is 0 Å². The van der Waals surface area contributed by atoms with Crippen LogP contribution in [0.2, 0.25) is 0 Å². The third kappa shape index (κ3) is 6.04. The Balaban J connectivity index is 2.09. The van der Waals surface area contributed by atoms with Gasteiger partial charge in [0.05, 0.1) is 30.6 Å². The Bertz CT molecular complexity index is 1100. The highest BCUT2D eigenvalue weighted by Crippen LogP contribution is 2.29. The van der Waals surface area contributed by atoms with Crippen LogP contribution in [0.15, 0.2) is 26.6 Å². The van der Waals surface area contributed by atoms with E-state index in [4.69, 9.17) is 5.11 Å². The minimum Gasteiger partial charge on any atom is -0.396 e. The predicted molar refractivity (Wildman–Crippen MR) is 104 cm³/mol. The maximum absolute atomic E-state index is 12.6. The standard InChI is InChI=1S/C18H23F3N4O6/c1-10(27)7-25-15(29)12-4-6-24(16(30)14(12)23-17(25)31)8-13(28)22-5-2-3-11(9-26)18(19,20)21/h4,6,10-11,26-27H,2-3,5,7-9H2,1H3,(H,22,28)(H,23,31). The first kappa shape index (κ1) is 24.3. The maximum Gasteiger partial charge on any atom is 0.394 e. The van der Waals surface area contributed by atoms with E-state index >= 15 is 0 Å². The number of fused-ring (bicyclic) bond motifs is 1. The lowest BCUT2D eigenvalue weighted by molar-refractivity contribution is -0.185. The molecule has 13 heteroatoms. The molecule has 0 saturated carbocycles. The number of aromatic nitrogens is 3. The van der Waals surface area contributed by atoms with Crippen molar-refractivity contribution in [1.82, 2.24) is 19.4 Å². The second kappa shape index (κ2) is 9.92. The monoisotopic (exact) mass is 448 g/mol. The van der Waals surface area contributed by atoms with Gasteiger partial charge in [0.1, 0.15) is 12.1 Å². The molecule has 2 unspecified atom stereocenters. The number of pyridine rings is 1. The van der Waals surface area contributed by atoms with Crippen molar-refractivity contribution in [2.45, 2.75) is 45.1 Å². The van der Waals surface area contributed by atoms with Crippen molar-refractivity contribution in [3.8, 4) is 0 Å². The summed E-state index contributed by atoms with van der Waals surface area (Å²) in [6, 6.07) is 1.25. The summed E-state index contributed by atoms with van der Waals surface area (Å²) >= 11 is 0. The van der Waals surface area contributed by atoms with Crippen molar-refractivity contribution in [2.24, 2.45) is 5.92 Å². The number of alkyl halides is 3. The number of rotatable bonds is 9. The molecule has 0 spiro atoms. The topological polar surface area (TPSA) is 146 Å². The highest BCUT2D eigenvalue weighted by atomic mass is 19.4. The van der Waals surface area contributed by atoms with Crippen LogP contribution in [-0.4, -0.2) is 55.7 Å². The smallest absolute Gasteiger partial charge is 0.394 e. The van der Waals surface area contributed by atoms with Crippen molar-refractivity contribution < 1.29 is 28.2 Å². The van der Waals surface area contributed by atoms with Gasteiger partial charge in [-0.05, 0) is 25.8 Å². The average molecular weight is 448 g/mol. The molecule has 2 aromatic heterocycles. The zero-order chi connectivity index (χ0) is 23.3. The van der Waals surface area contributed by atoms with Crippen molar-refractivity contribution in [2.75, 3.05) is 13.2 Å². The maximum atomic E-state index is 12.6. The van der Waals surface area contributed by atoms with Crippen LogP contribution in [0.3, 0.4) is 0 Å². The van der Waals surface area contributed by atoms with E-state index in [0.29, 0.717) is 0 Å². The molecule has 10 nitrogen and oxygen atoms in total. The number of aliphatic hydroxyl groups excluding tert-OH is 2. The molecular formula is C18H23F3N4O6. The highest BCUT2D eigenvalue weighted by molar-refractivity contribution is 5.78. The number of nitrogens with one attached hydrogen (secondary N) is 2. The summed E-state index contributed by atoms with van der Waals surface area (Å²) in [7, 11) is 0. The van der Waals surface area contributed by atoms with E-state index in [1.54, 1.807) is 0 Å². The molecule has 2 atom stereocenters. The molecule has 0 aliphatic heterocycles. The van der Waals surface area contributed by atoms with Crippen LogP contribution < -0.4 is 22.1 Å². The summed E-state index contributed by atoms with van der Waals surface area (Å²) < 4.78 is 39.4. The Kier molecular flexibility index (Phi) is 7.79. The van der Waals surface area contributed by atoms with E-state index < -0.39 is 54.1 Å². The Morgan fingerprint density at radius 2 is 1.94 bits per heavy atom. The molecule has 0 saturated heterocycles. The van der Waals surface area contributed by atoms with Gasteiger partial charge < -0.3 is 25.1 Å². The molecule has 0 aliphatic carbocycles. The minimum atomic E-state index is -4.53. The number of nitrogens with zero attached hydrogens (tertiary/aromatic N) is 2. The quantitative estimate of drug-likeness (QED) is 0.373. The van der Waals surface area contributed by atoms with Gasteiger partial charge in [-0.1, -0.05) is 0 Å². The van der Waals surface area contributed by atoms with Gasteiger partial charge in [-0.15, -0.1) is 0 Å². The van der Waals surface area contributed by atoms with Crippen LogP contribution in [0.4, 0.5) is 13.2 Å². The predicted octanol–water partition coefficient (Wildman–Crippen LogP) is -0.701. The van der Waals surface area contributed by atoms with Crippen LogP contribution >= 0.6 is 0 Å². The number of hydrogen-bond acceptors (Lipinski definition) is 6. The molecule has 0 radical (unpaired) electrons. The van der Waals surface area contributed by atoms with Crippen LogP contribution in [-0.2, 0) is 17.9 Å². The fourth-order valence-electron chi connectivity index (χ4n) is 2.99. The van der Waals surface area contributed by atoms with Crippen molar-refractivity contribution in [3.05, 3.63) is 43.5 Å². The van der Waals surface area contributed by atoms with Gasteiger partial charge in [0.25, 0.3) is 11.1 Å². The molecule has 1 amide bonds. The van der Waals surface area contributed by atoms with E-state index in [1.807, 2.05) is 0 Å². The molecule has 0 aliphatic rings. The number of aromatic amines is 1. The first-order valence-electron chi connectivity index (χ1n) is 9.44. The highest BCUT2D eigenvalue weighted by Gasteiger charge is 2.38. The van der Waals surface area contributed by atoms with Crippen LogP contribution in [0.5, 0.6) is 0 Å². The fraction of sp³-hybridized carbons (Fsp3) is 0.556. The molecule has 31 heavy (non-hydrogen) atoms. The lowest BCUT2D eigenvalue weighted by atomic mass is 10.0. The summed E-state index contributed by atoms with van der Waals surface area (Å²) in [6.45, 7) is -0.479. The van der Waals surface area contributed by atoms with E-state index in [9.17, 15) is 37.5 Å². The Hall–Kier alpha value is -2.93. The molecule has 2 rings (SSSR count). The van der Waals surface area contributed by atoms with E-state index in [0.717, 1.165) is 9.13 Å². The van der Waals surface area contributed by atoms with E-state index in [-0.39, 0.29) is 36.8 Å². The van der Waals surface area contributed by atoms with Crippen molar-refractivity contribution >= 4 is 16.8 Å². The number of halogens is 3. The number of amides is 1. The fourth-order valence-corrected chi connectivity index (χ4v) is 2.99. The molecule has 172 valence electrons. The number of hydrogen-bond donors (Lipinski definition) is 4. The molecule has 0 aromatic carbocycles. The van der Waals surface area contributed by atoms with Gasteiger partial charge in [0, 0.05) is 12.7 Å². The largest absolute Gasteiger partial charge is 0.396 e. The van der Waals surface area contributed by atoms with E-state index in [1.165, 1.54) is 19.2 Å². The second-order valence-corrected chi connectivity index (χ2v) is 7.15. The summed E-state index contributed by atoms with van der Waals surface area (Å²) in [5, 5.41) is 20.5. The lowest BCUT2D eigenvalue weighted by Gasteiger charge is -2.17. The van der Waals surface area contributed by atoms with Crippen LogP contribution in [0.1, 0.15) is 19.8 Å². The molecular weight excluding hydrogens is 425 g/mol. The summed E-state index contributed by atoms with van der Waals surface area (Å²) in [5.41, 5.74) is -2.76. The molecule has 4 N–H and O–H groups in total. The molecule has 0 fully saturated rings. The zero-order valence-corrected chi connectivity index (χ0v) is 16.6. The van der Waals surface area contributed by atoms with Gasteiger partial charge in [-0.2, -0.15) is 13.2 Å². The normalized spacial score (nSPS) is 13.9.